The van der Waals surface area contributed by atoms with Crippen LogP contribution in [-0.2, 0) is 4.79 Å². The molecule has 0 aliphatic rings. The van der Waals surface area contributed by atoms with Gasteiger partial charge in [0.2, 0.25) is 0 Å². The van der Waals surface area contributed by atoms with Crippen LogP contribution in [0.3, 0.4) is 0 Å². The number of benzene rings is 1. The molecule has 0 saturated heterocycles. The number of aryl methyl sites for hydroxylation is 1. The number of hydrogen-bond donors (Lipinski definition) is 2. The van der Waals surface area contributed by atoms with Crippen LogP contribution >= 0.6 is 15.9 Å². The monoisotopic (exact) mass is 285 g/mol. The third-order valence-corrected chi connectivity index (χ3v) is 3.01. The SMILES string of the molecule is Cc1ccc(C(=O)NC(C)C(=O)O)cc1Br. The number of aliphatic carboxylic acids is 1. The molecule has 1 rings (SSSR count). The third kappa shape index (κ3) is 3.06. The first-order chi connectivity index (χ1) is 7.41. The number of carbonyl (C=O) groups is 2. The van der Waals surface area contributed by atoms with Gasteiger partial charge in [0.1, 0.15) is 6.04 Å². The van der Waals surface area contributed by atoms with Gasteiger partial charge in [0.25, 0.3) is 5.91 Å². The van der Waals surface area contributed by atoms with Crippen molar-refractivity contribution in [2.24, 2.45) is 0 Å². The van der Waals surface area contributed by atoms with Crippen molar-refractivity contribution in [3.63, 3.8) is 0 Å². The minimum atomic E-state index is -1.06. The lowest BCUT2D eigenvalue weighted by Crippen LogP contribution is -2.38. The number of hydrogen-bond acceptors (Lipinski definition) is 2. The Balaban J connectivity index is 2.81. The summed E-state index contributed by atoms with van der Waals surface area (Å²) in [6, 6.07) is 4.22. The van der Waals surface area contributed by atoms with Crippen LogP contribution in [0.4, 0.5) is 0 Å². The lowest BCUT2D eigenvalue weighted by Gasteiger charge is -2.09. The summed E-state index contributed by atoms with van der Waals surface area (Å²) in [5.74, 6) is -1.45. The Morgan fingerprint density at radius 3 is 2.56 bits per heavy atom. The summed E-state index contributed by atoms with van der Waals surface area (Å²) in [4.78, 5) is 22.2. The number of carbonyl (C=O) groups excluding carboxylic acids is 1. The molecule has 16 heavy (non-hydrogen) atoms. The van der Waals surface area contributed by atoms with E-state index >= 15 is 0 Å². The van der Waals surface area contributed by atoms with E-state index < -0.39 is 17.9 Å². The molecule has 1 atom stereocenters. The molecule has 0 aliphatic heterocycles. The molecule has 0 spiro atoms. The smallest absolute Gasteiger partial charge is 0.325 e. The fourth-order valence-corrected chi connectivity index (χ4v) is 1.45. The number of nitrogens with one attached hydrogen (secondary N) is 1. The van der Waals surface area contributed by atoms with Crippen molar-refractivity contribution in [3.8, 4) is 0 Å². The van der Waals surface area contributed by atoms with Crippen molar-refractivity contribution in [2.75, 3.05) is 0 Å². The van der Waals surface area contributed by atoms with E-state index in [-0.39, 0.29) is 0 Å². The van der Waals surface area contributed by atoms with E-state index in [9.17, 15) is 9.59 Å². The maximum atomic E-state index is 11.6. The van der Waals surface area contributed by atoms with Gasteiger partial charge in [0.05, 0.1) is 0 Å². The fourth-order valence-electron chi connectivity index (χ4n) is 1.08. The highest BCUT2D eigenvalue weighted by Crippen LogP contribution is 2.17. The lowest BCUT2D eigenvalue weighted by atomic mass is 10.1. The first-order valence-corrected chi connectivity index (χ1v) is 5.51. The Hall–Kier alpha value is -1.36. The Kier molecular flexibility index (Phi) is 4.06. The molecule has 1 amide bonds. The summed E-state index contributed by atoms with van der Waals surface area (Å²) in [5, 5.41) is 11.0. The van der Waals surface area contributed by atoms with E-state index in [4.69, 9.17) is 5.11 Å². The topological polar surface area (TPSA) is 66.4 Å². The normalized spacial score (nSPS) is 11.9. The molecule has 5 heteroatoms. The average molecular weight is 286 g/mol. The molecule has 1 aromatic carbocycles. The molecule has 4 nitrogen and oxygen atoms in total. The van der Waals surface area contributed by atoms with Crippen LogP contribution in [0.2, 0.25) is 0 Å². The zero-order valence-corrected chi connectivity index (χ0v) is 10.5. The van der Waals surface area contributed by atoms with Crippen molar-refractivity contribution in [1.29, 1.82) is 0 Å². The zero-order valence-electron chi connectivity index (χ0n) is 8.95. The van der Waals surface area contributed by atoms with Gasteiger partial charge in [-0.25, -0.2) is 0 Å². The Bertz CT molecular complexity index is 431. The first-order valence-electron chi connectivity index (χ1n) is 4.71. The van der Waals surface area contributed by atoms with Crippen LogP contribution in [0.1, 0.15) is 22.8 Å². The van der Waals surface area contributed by atoms with Gasteiger partial charge in [-0.15, -0.1) is 0 Å². The fraction of sp³-hybridized carbons (Fsp3) is 0.273. The molecule has 0 heterocycles. The summed E-state index contributed by atoms with van der Waals surface area (Å²) >= 11 is 3.31. The summed E-state index contributed by atoms with van der Waals surface area (Å²) in [5.41, 5.74) is 1.45. The second-order valence-electron chi connectivity index (χ2n) is 3.50. The molecule has 0 bridgehead atoms. The van der Waals surface area contributed by atoms with Gasteiger partial charge in [-0.05, 0) is 31.5 Å². The van der Waals surface area contributed by atoms with Gasteiger partial charge in [0.15, 0.2) is 0 Å². The van der Waals surface area contributed by atoms with E-state index in [0.29, 0.717) is 5.56 Å². The molecular formula is C11H12BrNO3. The highest BCUT2D eigenvalue weighted by atomic mass is 79.9. The number of rotatable bonds is 3. The number of amides is 1. The average Bonchev–Trinajstić information content (AvgIpc) is 2.21. The van der Waals surface area contributed by atoms with Crippen molar-refractivity contribution in [3.05, 3.63) is 33.8 Å². The molecule has 0 aromatic heterocycles. The maximum Gasteiger partial charge on any atom is 0.325 e. The minimum absolute atomic E-state index is 0.393. The number of carboxylic acids is 1. The Morgan fingerprint density at radius 2 is 2.06 bits per heavy atom. The standard InChI is InChI=1S/C11H12BrNO3/c1-6-3-4-8(5-9(6)12)10(14)13-7(2)11(15)16/h3-5,7H,1-2H3,(H,13,14)(H,15,16). The second-order valence-corrected chi connectivity index (χ2v) is 4.35. The van der Waals surface area contributed by atoms with Crippen LogP contribution in [0, 0.1) is 6.92 Å². The van der Waals surface area contributed by atoms with E-state index in [1.165, 1.54) is 6.92 Å². The maximum absolute atomic E-state index is 11.6. The molecule has 1 unspecified atom stereocenters. The molecule has 0 saturated carbocycles. The lowest BCUT2D eigenvalue weighted by molar-refractivity contribution is -0.138. The zero-order chi connectivity index (χ0) is 12.3. The summed E-state index contributed by atoms with van der Waals surface area (Å²) in [6.07, 6.45) is 0. The first kappa shape index (κ1) is 12.7. The largest absolute Gasteiger partial charge is 0.480 e. The number of halogens is 1. The van der Waals surface area contributed by atoms with E-state index in [1.807, 2.05) is 6.92 Å². The Morgan fingerprint density at radius 1 is 1.44 bits per heavy atom. The Labute approximate surface area is 102 Å². The van der Waals surface area contributed by atoms with Crippen molar-refractivity contribution < 1.29 is 14.7 Å². The summed E-state index contributed by atoms with van der Waals surface area (Å²) in [7, 11) is 0. The van der Waals surface area contributed by atoms with Gasteiger partial charge >= 0.3 is 5.97 Å². The van der Waals surface area contributed by atoms with Gasteiger partial charge in [0, 0.05) is 10.0 Å². The van der Waals surface area contributed by atoms with Gasteiger partial charge in [-0.2, -0.15) is 0 Å². The van der Waals surface area contributed by atoms with Crippen LogP contribution < -0.4 is 5.32 Å². The number of carboxylic acid groups (broad SMARTS) is 1. The van der Waals surface area contributed by atoms with Crippen LogP contribution in [0.5, 0.6) is 0 Å². The molecule has 0 aliphatic carbocycles. The van der Waals surface area contributed by atoms with Crippen LogP contribution in [-0.4, -0.2) is 23.0 Å². The summed E-state index contributed by atoms with van der Waals surface area (Å²) in [6.45, 7) is 3.33. The summed E-state index contributed by atoms with van der Waals surface area (Å²) < 4.78 is 0.822. The molecule has 0 fully saturated rings. The third-order valence-electron chi connectivity index (χ3n) is 2.15. The van der Waals surface area contributed by atoms with Crippen molar-refractivity contribution >= 4 is 27.8 Å². The highest BCUT2D eigenvalue weighted by molar-refractivity contribution is 9.10. The van der Waals surface area contributed by atoms with E-state index in [1.54, 1.807) is 18.2 Å². The predicted octanol–water partition coefficient (Wildman–Crippen LogP) is 1.96. The van der Waals surface area contributed by atoms with Crippen molar-refractivity contribution in [2.45, 2.75) is 19.9 Å². The van der Waals surface area contributed by atoms with E-state index in [0.717, 1.165) is 10.0 Å². The highest BCUT2D eigenvalue weighted by Gasteiger charge is 2.15. The van der Waals surface area contributed by atoms with Gasteiger partial charge < -0.3 is 10.4 Å². The molecule has 2 N–H and O–H groups in total. The van der Waals surface area contributed by atoms with Crippen LogP contribution in [0.15, 0.2) is 22.7 Å². The minimum Gasteiger partial charge on any atom is -0.480 e. The molecule has 86 valence electrons. The molecular weight excluding hydrogens is 274 g/mol. The van der Waals surface area contributed by atoms with Crippen molar-refractivity contribution in [1.82, 2.24) is 5.32 Å². The van der Waals surface area contributed by atoms with Crippen LogP contribution in [0.25, 0.3) is 0 Å². The second kappa shape index (κ2) is 5.12. The van der Waals surface area contributed by atoms with Gasteiger partial charge in [-0.3, -0.25) is 9.59 Å². The molecule has 1 aromatic rings. The van der Waals surface area contributed by atoms with E-state index in [2.05, 4.69) is 21.2 Å². The quantitative estimate of drug-likeness (QED) is 0.892. The van der Waals surface area contributed by atoms with Gasteiger partial charge in [-0.1, -0.05) is 22.0 Å². The predicted molar refractivity (Wildman–Crippen MR) is 63.4 cm³/mol. The molecule has 0 radical (unpaired) electrons.